The molecule has 0 aromatic heterocycles. The van der Waals surface area contributed by atoms with Gasteiger partial charge in [0.1, 0.15) is 0 Å². The van der Waals surface area contributed by atoms with Crippen molar-refractivity contribution >= 4 is 5.91 Å². The average molecular weight is 303 g/mol. The smallest absolute Gasteiger partial charge is 0.223 e. The van der Waals surface area contributed by atoms with E-state index in [0.717, 1.165) is 13.0 Å². The molecule has 2 saturated carbocycles. The molecule has 3 rings (SSSR count). The maximum atomic E-state index is 12.1. The fourth-order valence-corrected chi connectivity index (χ4v) is 2.89. The number of ether oxygens (including phenoxy) is 1. The van der Waals surface area contributed by atoms with E-state index in [-0.39, 0.29) is 18.4 Å². The Hall–Kier alpha value is -1.39. The summed E-state index contributed by atoms with van der Waals surface area (Å²) >= 11 is 0. The minimum absolute atomic E-state index is 0.0505. The standard InChI is InChI=1S/C18H25NO3/c1-12-4-2-3-5-15(12)16-8-17(16)18(21)19-9-14(20)11-22-10-13-6-7-13/h2-5,13-14,16-17,20H,6-11H2,1H3,(H,19,21)/t14-,16+,17-/m1/s1. The predicted octanol–water partition coefficient (Wildman–Crippen LogP) is 2.00. The maximum Gasteiger partial charge on any atom is 0.223 e. The lowest BCUT2D eigenvalue weighted by molar-refractivity contribution is -0.123. The minimum Gasteiger partial charge on any atom is -0.389 e. The van der Waals surface area contributed by atoms with Crippen LogP contribution in [0.1, 0.15) is 36.3 Å². The second-order valence-electron chi connectivity index (χ2n) is 6.69. The number of benzene rings is 1. The van der Waals surface area contributed by atoms with Gasteiger partial charge in [0.25, 0.3) is 0 Å². The third kappa shape index (κ3) is 4.08. The van der Waals surface area contributed by atoms with Gasteiger partial charge in [0.05, 0.1) is 12.7 Å². The number of aliphatic hydroxyl groups excluding tert-OH is 1. The summed E-state index contributed by atoms with van der Waals surface area (Å²) in [4.78, 5) is 12.1. The second kappa shape index (κ2) is 6.80. The van der Waals surface area contributed by atoms with E-state index in [9.17, 15) is 9.90 Å². The molecule has 0 bridgehead atoms. The van der Waals surface area contributed by atoms with Gasteiger partial charge in [-0.3, -0.25) is 4.79 Å². The van der Waals surface area contributed by atoms with Crippen molar-refractivity contribution in [2.45, 2.75) is 38.2 Å². The topological polar surface area (TPSA) is 58.6 Å². The maximum absolute atomic E-state index is 12.1. The van der Waals surface area contributed by atoms with Crippen LogP contribution < -0.4 is 5.32 Å². The lowest BCUT2D eigenvalue weighted by Crippen LogP contribution is -2.35. The molecule has 0 spiro atoms. The van der Waals surface area contributed by atoms with Crippen molar-refractivity contribution in [3.8, 4) is 0 Å². The van der Waals surface area contributed by atoms with Gasteiger partial charge in [-0.25, -0.2) is 0 Å². The molecular formula is C18H25NO3. The Kier molecular flexibility index (Phi) is 4.79. The van der Waals surface area contributed by atoms with Crippen molar-refractivity contribution in [3.05, 3.63) is 35.4 Å². The van der Waals surface area contributed by atoms with Crippen LogP contribution in [0.25, 0.3) is 0 Å². The lowest BCUT2D eigenvalue weighted by Gasteiger charge is -2.12. The van der Waals surface area contributed by atoms with E-state index >= 15 is 0 Å². The molecule has 120 valence electrons. The Morgan fingerprint density at radius 2 is 2.18 bits per heavy atom. The Bertz CT molecular complexity index is 527. The number of rotatable bonds is 8. The van der Waals surface area contributed by atoms with Crippen LogP contribution in [0.15, 0.2) is 24.3 Å². The van der Waals surface area contributed by atoms with Gasteiger partial charge in [0.15, 0.2) is 0 Å². The number of aryl methyl sites for hydroxylation is 1. The molecule has 0 radical (unpaired) electrons. The summed E-state index contributed by atoms with van der Waals surface area (Å²) in [5, 5.41) is 12.7. The van der Waals surface area contributed by atoms with Gasteiger partial charge >= 0.3 is 0 Å². The van der Waals surface area contributed by atoms with Crippen molar-refractivity contribution in [2.24, 2.45) is 11.8 Å². The highest BCUT2D eigenvalue weighted by Gasteiger charge is 2.44. The lowest BCUT2D eigenvalue weighted by atomic mass is 10.0. The van der Waals surface area contributed by atoms with Gasteiger partial charge in [0, 0.05) is 19.1 Å². The number of aliphatic hydroxyl groups is 1. The van der Waals surface area contributed by atoms with Crippen molar-refractivity contribution in [1.82, 2.24) is 5.32 Å². The van der Waals surface area contributed by atoms with Crippen LogP contribution in [-0.2, 0) is 9.53 Å². The number of carbonyl (C=O) groups excluding carboxylic acids is 1. The zero-order valence-electron chi connectivity index (χ0n) is 13.1. The Labute approximate surface area is 131 Å². The summed E-state index contributed by atoms with van der Waals surface area (Å²) in [6.45, 7) is 3.41. The van der Waals surface area contributed by atoms with Crippen molar-refractivity contribution < 1.29 is 14.6 Å². The predicted molar refractivity (Wildman–Crippen MR) is 84.6 cm³/mol. The van der Waals surface area contributed by atoms with Crippen molar-refractivity contribution in [1.29, 1.82) is 0 Å². The van der Waals surface area contributed by atoms with Gasteiger partial charge in [-0.05, 0) is 49.1 Å². The fraction of sp³-hybridized carbons (Fsp3) is 0.611. The summed E-state index contributed by atoms with van der Waals surface area (Å²) in [5.74, 6) is 1.14. The molecule has 2 fully saturated rings. The zero-order chi connectivity index (χ0) is 15.5. The molecule has 0 saturated heterocycles. The van der Waals surface area contributed by atoms with Crippen LogP contribution in [-0.4, -0.2) is 36.9 Å². The minimum atomic E-state index is -0.613. The molecule has 22 heavy (non-hydrogen) atoms. The zero-order valence-corrected chi connectivity index (χ0v) is 13.1. The molecule has 1 amide bonds. The Morgan fingerprint density at radius 3 is 2.91 bits per heavy atom. The third-order valence-electron chi connectivity index (χ3n) is 4.59. The first kappa shape index (κ1) is 15.5. The largest absolute Gasteiger partial charge is 0.389 e. The molecule has 4 nitrogen and oxygen atoms in total. The van der Waals surface area contributed by atoms with E-state index in [4.69, 9.17) is 4.74 Å². The highest BCUT2D eigenvalue weighted by Crippen LogP contribution is 2.48. The molecule has 4 heteroatoms. The molecule has 1 aromatic carbocycles. The average Bonchev–Trinajstić information content (AvgIpc) is 3.39. The summed E-state index contributed by atoms with van der Waals surface area (Å²) in [7, 11) is 0. The highest BCUT2D eigenvalue weighted by molar-refractivity contribution is 5.83. The number of carbonyl (C=O) groups is 1. The molecule has 1 aromatic rings. The van der Waals surface area contributed by atoms with E-state index < -0.39 is 6.10 Å². The van der Waals surface area contributed by atoms with Crippen LogP contribution in [0.5, 0.6) is 0 Å². The fourth-order valence-electron chi connectivity index (χ4n) is 2.89. The van der Waals surface area contributed by atoms with E-state index in [2.05, 4.69) is 24.4 Å². The van der Waals surface area contributed by atoms with Crippen LogP contribution >= 0.6 is 0 Å². The molecular weight excluding hydrogens is 278 g/mol. The van der Waals surface area contributed by atoms with E-state index in [1.807, 2.05) is 12.1 Å². The first-order chi connectivity index (χ1) is 10.6. The van der Waals surface area contributed by atoms with Gasteiger partial charge in [-0.2, -0.15) is 0 Å². The van der Waals surface area contributed by atoms with Crippen LogP contribution in [0.2, 0.25) is 0 Å². The van der Waals surface area contributed by atoms with Gasteiger partial charge < -0.3 is 15.2 Å². The highest BCUT2D eigenvalue weighted by atomic mass is 16.5. The number of nitrogens with one attached hydrogen (secondary N) is 1. The van der Waals surface area contributed by atoms with Gasteiger partial charge in [-0.15, -0.1) is 0 Å². The van der Waals surface area contributed by atoms with Gasteiger partial charge in [0.2, 0.25) is 5.91 Å². The molecule has 0 aliphatic heterocycles. The Balaban J connectivity index is 1.37. The van der Waals surface area contributed by atoms with Crippen LogP contribution in [0.3, 0.4) is 0 Å². The summed E-state index contributed by atoms with van der Waals surface area (Å²) in [6.07, 6.45) is 2.78. The second-order valence-corrected chi connectivity index (χ2v) is 6.69. The third-order valence-corrected chi connectivity index (χ3v) is 4.59. The molecule has 2 aliphatic rings. The first-order valence-electron chi connectivity index (χ1n) is 8.24. The molecule has 0 unspecified atom stereocenters. The van der Waals surface area contributed by atoms with E-state index in [0.29, 0.717) is 18.4 Å². The molecule has 2 N–H and O–H groups in total. The summed E-state index contributed by atoms with van der Waals surface area (Å²) in [6, 6.07) is 8.24. The van der Waals surface area contributed by atoms with Crippen LogP contribution in [0.4, 0.5) is 0 Å². The normalized spacial score (nSPS) is 24.8. The van der Waals surface area contributed by atoms with Crippen molar-refractivity contribution in [2.75, 3.05) is 19.8 Å². The quantitative estimate of drug-likeness (QED) is 0.772. The van der Waals surface area contributed by atoms with Crippen molar-refractivity contribution in [3.63, 3.8) is 0 Å². The van der Waals surface area contributed by atoms with E-state index in [1.54, 1.807) is 0 Å². The number of hydrogen-bond acceptors (Lipinski definition) is 3. The monoisotopic (exact) mass is 303 g/mol. The summed E-state index contributed by atoms with van der Waals surface area (Å²) in [5.41, 5.74) is 2.52. The van der Waals surface area contributed by atoms with Crippen LogP contribution in [0, 0.1) is 18.8 Å². The number of amides is 1. The van der Waals surface area contributed by atoms with E-state index in [1.165, 1.54) is 24.0 Å². The summed E-state index contributed by atoms with van der Waals surface area (Å²) < 4.78 is 5.43. The first-order valence-corrected chi connectivity index (χ1v) is 8.24. The van der Waals surface area contributed by atoms with Gasteiger partial charge in [-0.1, -0.05) is 24.3 Å². The molecule has 3 atom stereocenters. The SMILES string of the molecule is Cc1ccccc1[C@@H]1C[C@H]1C(=O)NC[C@@H](O)COCC1CC1. The number of hydrogen-bond donors (Lipinski definition) is 2. The molecule has 2 aliphatic carbocycles. The Morgan fingerprint density at radius 1 is 1.41 bits per heavy atom. The molecule has 0 heterocycles.